The molecule has 8 heteroatoms. The summed E-state index contributed by atoms with van der Waals surface area (Å²) in [5, 5.41) is 3.34. The van der Waals surface area contributed by atoms with Gasteiger partial charge in [-0.05, 0) is 62.0 Å². The molecule has 1 saturated carbocycles. The molecule has 0 aromatic heterocycles. The zero-order valence-corrected chi connectivity index (χ0v) is 15.5. The van der Waals surface area contributed by atoms with Crippen LogP contribution in [0.15, 0.2) is 29.2 Å². The number of carbonyl (C=O) groups is 1. The van der Waals surface area contributed by atoms with Gasteiger partial charge in [0.2, 0.25) is 15.9 Å². The van der Waals surface area contributed by atoms with E-state index in [4.69, 9.17) is 0 Å². The molecular formula is C18H24FN3O3S. The van der Waals surface area contributed by atoms with Crippen LogP contribution in [-0.4, -0.2) is 62.8 Å². The van der Waals surface area contributed by atoms with Crippen molar-refractivity contribution < 1.29 is 17.6 Å². The van der Waals surface area contributed by atoms with Crippen LogP contribution in [0.4, 0.5) is 4.39 Å². The molecule has 26 heavy (non-hydrogen) atoms. The van der Waals surface area contributed by atoms with E-state index in [1.165, 1.54) is 16.4 Å². The number of piperidine rings is 1. The lowest BCUT2D eigenvalue weighted by molar-refractivity contribution is -0.134. The maximum absolute atomic E-state index is 13.0. The molecule has 3 aliphatic rings. The van der Waals surface area contributed by atoms with Gasteiger partial charge in [-0.3, -0.25) is 4.79 Å². The van der Waals surface area contributed by atoms with Crippen LogP contribution in [0.1, 0.15) is 19.3 Å². The van der Waals surface area contributed by atoms with Gasteiger partial charge in [0.1, 0.15) is 5.82 Å². The van der Waals surface area contributed by atoms with Crippen LogP contribution in [0.3, 0.4) is 0 Å². The summed E-state index contributed by atoms with van der Waals surface area (Å²) in [6.45, 7) is 3.37. The van der Waals surface area contributed by atoms with Crippen molar-refractivity contribution in [2.75, 3.05) is 39.3 Å². The third-order valence-corrected chi connectivity index (χ3v) is 8.00. The van der Waals surface area contributed by atoms with Gasteiger partial charge in [0, 0.05) is 32.1 Å². The van der Waals surface area contributed by atoms with Crippen molar-refractivity contribution in [3.05, 3.63) is 30.1 Å². The smallest absolute Gasteiger partial charge is 0.243 e. The Morgan fingerprint density at radius 1 is 1.08 bits per heavy atom. The van der Waals surface area contributed by atoms with Gasteiger partial charge in [0.15, 0.2) is 0 Å². The Morgan fingerprint density at radius 3 is 2.31 bits per heavy atom. The Morgan fingerprint density at radius 2 is 1.69 bits per heavy atom. The highest BCUT2D eigenvalue weighted by atomic mass is 32.2. The van der Waals surface area contributed by atoms with Gasteiger partial charge in [-0.2, -0.15) is 4.31 Å². The van der Waals surface area contributed by atoms with Crippen LogP contribution in [-0.2, 0) is 14.8 Å². The van der Waals surface area contributed by atoms with Gasteiger partial charge in [-0.1, -0.05) is 0 Å². The predicted molar refractivity (Wildman–Crippen MR) is 94.4 cm³/mol. The number of nitrogens with one attached hydrogen (secondary N) is 1. The average Bonchev–Trinajstić information content (AvgIpc) is 3.35. The lowest BCUT2D eigenvalue weighted by atomic mass is 9.91. The minimum atomic E-state index is -3.64. The van der Waals surface area contributed by atoms with Crippen LogP contribution >= 0.6 is 0 Å². The van der Waals surface area contributed by atoms with Crippen LogP contribution in [0.5, 0.6) is 0 Å². The lowest BCUT2D eigenvalue weighted by Crippen LogP contribution is -2.51. The number of amides is 1. The lowest BCUT2D eigenvalue weighted by Gasteiger charge is -2.35. The number of piperazine rings is 1. The molecule has 1 amide bonds. The number of carbonyl (C=O) groups excluding carboxylic acids is 1. The number of rotatable bonds is 3. The molecular weight excluding hydrogens is 357 g/mol. The van der Waals surface area contributed by atoms with Crippen molar-refractivity contribution in [2.45, 2.75) is 24.2 Å². The molecule has 1 spiro atoms. The molecule has 3 fully saturated rings. The van der Waals surface area contributed by atoms with Gasteiger partial charge in [-0.25, -0.2) is 12.8 Å². The molecule has 1 aromatic carbocycles. The highest BCUT2D eigenvalue weighted by molar-refractivity contribution is 7.89. The minimum absolute atomic E-state index is 0.0922. The number of nitrogens with zero attached hydrogens (tertiary/aromatic N) is 2. The molecule has 2 saturated heterocycles. The highest BCUT2D eigenvalue weighted by Gasteiger charge is 2.58. The normalized spacial score (nSPS) is 26.0. The van der Waals surface area contributed by atoms with E-state index in [-0.39, 0.29) is 35.2 Å². The number of halogens is 1. The van der Waals surface area contributed by atoms with Crippen LogP contribution < -0.4 is 5.32 Å². The van der Waals surface area contributed by atoms with Crippen molar-refractivity contribution in [3.63, 3.8) is 0 Å². The monoisotopic (exact) mass is 381 g/mol. The van der Waals surface area contributed by atoms with E-state index >= 15 is 0 Å². The van der Waals surface area contributed by atoms with E-state index in [2.05, 4.69) is 5.32 Å². The SMILES string of the molecule is O=C(C1CC12CCNCC2)N1CCN(S(=O)(=O)c2ccc(F)cc2)CC1. The molecule has 1 N–H and O–H groups in total. The molecule has 0 radical (unpaired) electrons. The molecule has 1 aliphatic carbocycles. The fraction of sp³-hybridized carbons (Fsp3) is 0.611. The first kappa shape index (κ1) is 17.9. The van der Waals surface area contributed by atoms with Gasteiger partial charge < -0.3 is 10.2 Å². The number of hydrogen-bond donors (Lipinski definition) is 1. The van der Waals surface area contributed by atoms with E-state index in [1.807, 2.05) is 4.90 Å². The van der Waals surface area contributed by atoms with Crippen molar-refractivity contribution in [2.24, 2.45) is 11.3 Å². The zero-order valence-electron chi connectivity index (χ0n) is 14.7. The average molecular weight is 381 g/mol. The first-order chi connectivity index (χ1) is 12.4. The summed E-state index contributed by atoms with van der Waals surface area (Å²) in [6, 6.07) is 4.87. The van der Waals surface area contributed by atoms with Gasteiger partial charge in [-0.15, -0.1) is 0 Å². The predicted octanol–water partition coefficient (Wildman–Crippen LogP) is 1.05. The Hall–Kier alpha value is -1.51. The van der Waals surface area contributed by atoms with Crippen LogP contribution in [0.2, 0.25) is 0 Å². The topological polar surface area (TPSA) is 69.7 Å². The number of benzene rings is 1. The van der Waals surface area contributed by atoms with Crippen LogP contribution in [0, 0.1) is 17.2 Å². The second-order valence-corrected chi connectivity index (χ2v) is 9.49. The first-order valence-corrected chi connectivity index (χ1v) is 10.6. The van der Waals surface area contributed by atoms with Crippen LogP contribution in [0.25, 0.3) is 0 Å². The maximum atomic E-state index is 13.0. The van der Waals surface area contributed by atoms with Crippen molar-refractivity contribution in [1.82, 2.24) is 14.5 Å². The number of hydrogen-bond acceptors (Lipinski definition) is 4. The maximum Gasteiger partial charge on any atom is 0.243 e. The fourth-order valence-corrected chi connectivity index (χ4v) is 5.72. The summed E-state index contributed by atoms with van der Waals surface area (Å²) < 4.78 is 39.7. The molecule has 0 bridgehead atoms. The van der Waals surface area contributed by atoms with E-state index < -0.39 is 15.8 Å². The molecule has 1 unspecified atom stereocenters. The molecule has 4 rings (SSSR count). The third kappa shape index (κ3) is 3.14. The Bertz CT molecular complexity index is 782. The quantitative estimate of drug-likeness (QED) is 0.850. The van der Waals surface area contributed by atoms with E-state index in [1.54, 1.807) is 0 Å². The summed E-state index contributed by atoms with van der Waals surface area (Å²) in [5.74, 6) is -0.161. The minimum Gasteiger partial charge on any atom is -0.340 e. The van der Waals surface area contributed by atoms with Crippen molar-refractivity contribution >= 4 is 15.9 Å². The second-order valence-electron chi connectivity index (χ2n) is 7.55. The standard InChI is InChI=1S/C18H24FN3O3S/c19-14-1-3-15(4-2-14)26(24,25)22-11-9-21(10-12-22)17(23)16-13-18(16)5-7-20-8-6-18/h1-4,16,20H,5-13H2. The van der Waals surface area contributed by atoms with Gasteiger partial charge in [0.25, 0.3) is 0 Å². The summed E-state index contributed by atoms with van der Waals surface area (Å²) in [6.07, 6.45) is 3.09. The Labute approximate surface area is 153 Å². The summed E-state index contributed by atoms with van der Waals surface area (Å²) in [7, 11) is -3.64. The zero-order chi connectivity index (χ0) is 18.4. The third-order valence-electron chi connectivity index (χ3n) is 6.09. The van der Waals surface area contributed by atoms with Gasteiger partial charge >= 0.3 is 0 Å². The number of sulfonamides is 1. The molecule has 1 atom stereocenters. The Balaban J connectivity index is 1.37. The largest absolute Gasteiger partial charge is 0.340 e. The first-order valence-electron chi connectivity index (χ1n) is 9.18. The van der Waals surface area contributed by atoms with Crippen molar-refractivity contribution in [1.29, 1.82) is 0 Å². The summed E-state index contributed by atoms with van der Waals surface area (Å²) >= 11 is 0. The molecule has 1 aromatic rings. The summed E-state index contributed by atoms with van der Waals surface area (Å²) in [5.41, 5.74) is 0.194. The molecule has 6 nitrogen and oxygen atoms in total. The molecule has 2 heterocycles. The highest BCUT2D eigenvalue weighted by Crippen LogP contribution is 2.59. The summed E-state index contributed by atoms with van der Waals surface area (Å²) in [4.78, 5) is 14.7. The van der Waals surface area contributed by atoms with E-state index in [0.717, 1.165) is 44.5 Å². The second kappa shape index (κ2) is 6.58. The Kier molecular flexibility index (Phi) is 4.53. The van der Waals surface area contributed by atoms with E-state index in [9.17, 15) is 17.6 Å². The molecule has 142 valence electrons. The fourth-order valence-electron chi connectivity index (χ4n) is 4.30. The van der Waals surface area contributed by atoms with E-state index in [0.29, 0.717) is 13.1 Å². The van der Waals surface area contributed by atoms with Gasteiger partial charge in [0.05, 0.1) is 4.90 Å². The van der Waals surface area contributed by atoms with Crippen molar-refractivity contribution in [3.8, 4) is 0 Å². The molecule has 2 aliphatic heterocycles.